The molecule has 0 spiro atoms. The number of nitrogens with two attached hydrogens (primary N) is 1. The van der Waals surface area contributed by atoms with Gasteiger partial charge in [0.25, 0.3) is 0 Å². The van der Waals surface area contributed by atoms with Gasteiger partial charge in [-0.3, -0.25) is 4.79 Å². The Morgan fingerprint density at radius 3 is 2.18 bits per heavy atom. The summed E-state index contributed by atoms with van der Waals surface area (Å²) in [6, 6.07) is -0.625. The zero-order valence-corrected chi connectivity index (χ0v) is 11.5. The lowest BCUT2D eigenvalue weighted by atomic mass is 9.86. The predicted octanol–water partition coefficient (Wildman–Crippen LogP) is 0.0532. The molecule has 0 aliphatic carbocycles. The lowest BCUT2D eigenvalue weighted by molar-refractivity contribution is -0.125. The van der Waals surface area contributed by atoms with Crippen molar-refractivity contribution in [2.75, 3.05) is 11.5 Å². The van der Waals surface area contributed by atoms with Crippen LogP contribution in [-0.2, 0) is 14.6 Å². The third-order valence-corrected chi connectivity index (χ3v) is 4.83. The predicted molar refractivity (Wildman–Crippen MR) is 67.2 cm³/mol. The van der Waals surface area contributed by atoms with Gasteiger partial charge in [-0.2, -0.15) is 0 Å². The third-order valence-electron chi connectivity index (χ3n) is 3.12. The normalized spacial score (nSPS) is 23.1. The summed E-state index contributed by atoms with van der Waals surface area (Å²) < 4.78 is 22.5. The summed E-state index contributed by atoms with van der Waals surface area (Å²) in [6.07, 6.45) is 0.982. The van der Waals surface area contributed by atoms with Crippen LogP contribution in [0.1, 0.15) is 33.6 Å². The molecule has 0 bridgehead atoms. The average molecular weight is 262 g/mol. The first kappa shape index (κ1) is 14.4. The van der Waals surface area contributed by atoms with Gasteiger partial charge in [-0.05, 0) is 18.3 Å². The molecule has 100 valence electrons. The first-order valence-electron chi connectivity index (χ1n) is 5.88. The van der Waals surface area contributed by atoms with Crippen molar-refractivity contribution in [2.24, 2.45) is 11.1 Å². The second kappa shape index (κ2) is 4.94. The SMILES string of the molecule is CC(C)(C)[C@@H](N)C(=O)NC1CCS(=O)(=O)CC1. The number of sulfone groups is 1. The van der Waals surface area contributed by atoms with Crippen molar-refractivity contribution in [1.82, 2.24) is 5.32 Å². The van der Waals surface area contributed by atoms with E-state index in [1.54, 1.807) is 0 Å². The maximum Gasteiger partial charge on any atom is 0.237 e. The van der Waals surface area contributed by atoms with E-state index in [9.17, 15) is 13.2 Å². The molecule has 0 radical (unpaired) electrons. The molecule has 1 fully saturated rings. The minimum Gasteiger partial charge on any atom is -0.352 e. The van der Waals surface area contributed by atoms with Gasteiger partial charge in [0.05, 0.1) is 17.5 Å². The van der Waals surface area contributed by atoms with Crippen molar-refractivity contribution in [2.45, 2.75) is 45.7 Å². The first-order chi connectivity index (χ1) is 7.62. The van der Waals surface area contributed by atoms with E-state index in [0.717, 1.165) is 0 Å². The molecule has 1 heterocycles. The fraction of sp³-hybridized carbons (Fsp3) is 0.909. The number of hydrogen-bond donors (Lipinski definition) is 2. The highest BCUT2D eigenvalue weighted by atomic mass is 32.2. The van der Waals surface area contributed by atoms with Crippen LogP contribution in [0.2, 0.25) is 0 Å². The van der Waals surface area contributed by atoms with Crippen molar-refractivity contribution < 1.29 is 13.2 Å². The van der Waals surface area contributed by atoms with E-state index in [0.29, 0.717) is 12.8 Å². The molecule has 1 aliphatic rings. The van der Waals surface area contributed by atoms with Crippen molar-refractivity contribution in [3.63, 3.8) is 0 Å². The molecule has 6 heteroatoms. The fourth-order valence-corrected chi connectivity index (χ4v) is 3.21. The first-order valence-corrected chi connectivity index (χ1v) is 7.70. The lowest BCUT2D eigenvalue weighted by Gasteiger charge is -2.29. The molecule has 0 unspecified atom stereocenters. The summed E-state index contributed by atoms with van der Waals surface area (Å²) in [4.78, 5) is 11.8. The number of carbonyl (C=O) groups is 1. The van der Waals surface area contributed by atoms with E-state index in [1.165, 1.54) is 0 Å². The van der Waals surface area contributed by atoms with Crippen molar-refractivity contribution in [3.8, 4) is 0 Å². The smallest absolute Gasteiger partial charge is 0.237 e. The summed E-state index contributed by atoms with van der Waals surface area (Å²) >= 11 is 0. The third kappa shape index (κ3) is 4.27. The Morgan fingerprint density at radius 1 is 1.29 bits per heavy atom. The molecular weight excluding hydrogens is 240 g/mol. The van der Waals surface area contributed by atoms with Gasteiger partial charge in [0.1, 0.15) is 9.84 Å². The number of hydrogen-bond acceptors (Lipinski definition) is 4. The van der Waals surface area contributed by atoms with Gasteiger partial charge in [-0.1, -0.05) is 20.8 Å². The molecular formula is C11H22N2O3S. The Morgan fingerprint density at radius 2 is 1.76 bits per heavy atom. The Labute approximate surface area is 103 Å². The van der Waals surface area contributed by atoms with Crippen LogP contribution in [-0.4, -0.2) is 37.9 Å². The van der Waals surface area contributed by atoms with Gasteiger partial charge in [0, 0.05) is 6.04 Å². The number of amides is 1. The zero-order valence-electron chi connectivity index (χ0n) is 10.7. The Bertz CT molecular complexity index is 370. The summed E-state index contributed by atoms with van der Waals surface area (Å²) in [5, 5.41) is 2.83. The molecule has 3 N–H and O–H groups in total. The zero-order chi connectivity index (χ0) is 13.3. The van der Waals surface area contributed by atoms with Crippen molar-refractivity contribution >= 4 is 15.7 Å². The Kier molecular flexibility index (Phi) is 4.19. The van der Waals surface area contributed by atoms with E-state index >= 15 is 0 Å². The van der Waals surface area contributed by atoms with Crippen molar-refractivity contribution in [1.29, 1.82) is 0 Å². The molecule has 5 nitrogen and oxygen atoms in total. The monoisotopic (exact) mass is 262 g/mol. The molecule has 1 saturated heterocycles. The van der Waals surface area contributed by atoms with Crippen LogP contribution in [0.15, 0.2) is 0 Å². The van der Waals surface area contributed by atoms with Crippen LogP contribution in [0, 0.1) is 5.41 Å². The van der Waals surface area contributed by atoms with E-state index in [2.05, 4.69) is 5.32 Å². The van der Waals surface area contributed by atoms with Gasteiger partial charge >= 0.3 is 0 Å². The van der Waals surface area contributed by atoms with Crippen LogP contribution in [0.5, 0.6) is 0 Å². The highest BCUT2D eigenvalue weighted by Crippen LogP contribution is 2.18. The molecule has 0 saturated carbocycles. The van der Waals surface area contributed by atoms with Gasteiger partial charge in [0.2, 0.25) is 5.91 Å². The second-order valence-electron chi connectivity index (χ2n) is 5.78. The summed E-state index contributed by atoms with van der Waals surface area (Å²) in [6.45, 7) is 5.72. The summed E-state index contributed by atoms with van der Waals surface area (Å²) in [5.74, 6) is 0.118. The lowest BCUT2D eigenvalue weighted by Crippen LogP contribution is -2.52. The average Bonchev–Trinajstić information content (AvgIpc) is 2.18. The van der Waals surface area contributed by atoms with Gasteiger partial charge < -0.3 is 11.1 Å². The number of carbonyl (C=O) groups excluding carboxylic acids is 1. The Balaban J connectivity index is 2.49. The number of nitrogens with one attached hydrogen (secondary N) is 1. The van der Waals surface area contributed by atoms with E-state index < -0.39 is 15.9 Å². The minimum absolute atomic E-state index is 0.0561. The fourth-order valence-electron chi connectivity index (χ4n) is 1.72. The van der Waals surface area contributed by atoms with Gasteiger partial charge in [0.15, 0.2) is 0 Å². The van der Waals surface area contributed by atoms with Crippen LogP contribution >= 0.6 is 0 Å². The van der Waals surface area contributed by atoms with Crippen LogP contribution in [0.25, 0.3) is 0 Å². The van der Waals surface area contributed by atoms with Crippen LogP contribution in [0.3, 0.4) is 0 Å². The quantitative estimate of drug-likeness (QED) is 0.736. The van der Waals surface area contributed by atoms with Gasteiger partial charge in [-0.25, -0.2) is 8.42 Å². The number of rotatable bonds is 2. The van der Waals surface area contributed by atoms with E-state index in [-0.39, 0.29) is 28.9 Å². The Hall–Kier alpha value is -0.620. The van der Waals surface area contributed by atoms with Gasteiger partial charge in [-0.15, -0.1) is 0 Å². The molecule has 17 heavy (non-hydrogen) atoms. The van der Waals surface area contributed by atoms with Crippen molar-refractivity contribution in [3.05, 3.63) is 0 Å². The van der Waals surface area contributed by atoms with E-state index in [4.69, 9.17) is 5.73 Å². The molecule has 1 aliphatic heterocycles. The largest absolute Gasteiger partial charge is 0.352 e. The standard InChI is InChI=1S/C11H22N2O3S/c1-11(2,3)9(12)10(14)13-8-4-6-17(15,16)7-5-8/h8-9H,4-7,12H2,1-3H3,(H,13,14)/t9-/m0/s1. The van der Waals surface area contributed by atoms with Crippen LogP contribution < -0.4 is 11.1 Å². The maximum atomic E-state index is 11.8. The highest BCUT2D eigenvalue weighted by Gasteiger charge is 2.30. The molecule has 1 rings (SSSR count). The minimum atomic E-state index is -2.88. The van der Waals surface area contributed by atoms with E-state index in [1.807, 2.05) is 20.8 Å². The summed E-state index contributed by atoms with van der Waals surface area (Å²) in [5.41, 5.74) is 5.55. The molecule has 0 aromatic carbocycles. The topological polar surface area (TPSA) is 89.3 Å². The molecule has 0 aromatic rings. The molecule has 1 atom stereocenters. The molecule has 0 aromatic heterocycles. The maximum absolute atomic E-state index is 11.8. The second-order valence-corrected chi connectivity index (χ2v) is 8.08. The summed E-state index contributed by atoms with van der Waals surface area (Å²) in [7, 11) is -2.88. The van der Waals surface area contributed by atoms with Crippen LogP contribution in [0.4, 0.5) is 0 Å². The highest BCUT2D eigenvalue weighted by molar-refractivity contribution is 7.91. The molecule has 1 amide bonds.